The van der Waals surface area contributed by atoms with Gasteiger partial charge in [-0.05, 0) is 49.6 Å². The average Bonchev–Trinajstić information content (AvgIpc) is 2.61. The highest BCUT2D eigenvalue weighted by Gasteiger charge is 2.15. The molecular formula is C14H14Br2S. The molecule has 0 bridgehead atoms. The van der Waals surface area contributed by atoms with Crippen molar-refractivity contribution in [2.75, 3.05) is 0 Å². The Hall–Kier alpha value is -0.120. The van der Waals surface area contributed by atoms with Gasteiger partial charge in [0.15, 0.2) is 0 Å². The van der Waals surface area contributed by atoms with Crippen molar-refractivity contribution in [2.45, 2.75) is 25.6 Å². The number of hydrogen-bond acceptors (Lipinski definition) is 1. The second-order valence-corrected chi connectivity index (χ2v) is 7.47. The highest BCUT2D eigenvalue weighted by molar-refractivity contribution is 9.10. The molecule has 90 valence electrons. The quantitative estimate of drug-likeness (QED) is 0.573. The van der Waals surface area contributed by atoms with Crippen LogP contribution < -0.4 is 0 Å². The zero-order chi connectivity index (χ0) is 12.6. The molecule has 0 nitrogen and oxygen atoms in total. The molecule has 0 saturated carbocycles. The van der Waals surface area contributed by atoms with Crippen molar-refractivity contribution in [3.63, 3.8) is 0 Å². The summed E-state index contributed by atoms with van der Waals surface area (Å²) in [7, 11) is 0. The molecule has 1 atom stereocenters. The molecule has 1 unspecified atom stereocenters. The molecule has 0 N–H and O–H groups in total. The zero-order valence-corrected chi connectivity index (χ0v) is 14.0. The molecule has 2 rings (SSSR count). The predicted octanol–water partition coefficient (Wildman–Crippen LogP) is 5.92. The topological polar surface area (TPSA) is 0 Å². The van der Waals surface area contributed by atoms with Gasteiger partial charge in [-0.2, -0.15) is 0 Å². The van der Waals surface area contributed by atoms with Gasteiger partial charge in [0.05, 0.1) is 4.83 Å². The maximum Gasteiger partial charge on any atom is 0.0655 e. The number of alkyl halides is 1. The Morgan fingerprint density at radius 3 is 2.35 bits per heavy atom. The van der Waals surface area contributed by atoms with Crippen LogP contribution in [0.5, 0.6) is 0 Å². The summed E-state index contributed by atoms with van der Waals surface area (Å²) in [6.07, 6.45) is 0. The minimum Gasteiger partial charge on any atom is -0.146 e. The summed E-state index contributed by atoms with van der Waals surface area (Å²) in [5.41, 5.74) is 3.94. The van der Waals surface area contributed by atoms with E-state index < -0.39 is 0 Å². The summed E-state index contributed by atoms with van der Waals surface area (Å²) in [4.78, 5) is 3.04. The smallest absolute Gasteiger partial charge is 0.0655 e. The molecule has 0 saturated heterocycles. The van der Waals surface area contributed by atoms with Crippen molar-refractivity contribution < 1.29 is 0 Å². The molecule has 0 amide bonds. The molecule has 2 aromatic rings. The first-order valence-electron chi connectivity index (χ1n) is 5.46. The molecule has 3 heteroatoms. The largest absolute Gasteiger partial charge is 0.146 e. The molecule has 1 aromatic carbocycles. The van der Waals surface area contributed by atoms with Crippen LogP contribution in [0.15, 0.2) is 28.7 Å². The van der Waals surface area contributed by atoms with Gasteiger partial charge in [-0.15, -0.1) is 11.3 Å². The van der Waals surface area contributed by atoms with E-state index in [1.54, 1.807) is 0 Å². The van der Waals surface area contributed by atoms with Gasteiger partial charge in [-0.3, -0.25) is 0 Å². The Morgan fingerprint density at radius 2 is 1.82 bits per heavy atom. The van der Waals surface area contributed by atoms with Gasteiger partial charge in [0, 0.05) is 14.2 Å². The Kier molecular flexibility index (Phi) is 4.11. The van der Waals surface area contributed by atoms with Crippen LogP contribution in [0.2, 0.25) is 0 Å². The van der Waals surface area contributed by atoms with Gasteiger partial charge < -0.3 is 0 Å². The van der Waals surface area contributed by atoms with E-state index in [1.165, 1.54) is 30.9 Å². The fourth-order valence-corrected chi connectivity index (χ4v) is 4.12. The lowest BCUT2D eigenvalue weighted by Crippen LogP contribution is -1.93. The number of halogens is 2. The van der Waals surface area contributed by atoms with Crippen LogP contribution in [0.25, 0.3) is 0 Å². The summed E-state index contributed by atoms with van der Waals surface area (Å²) < 4.78 is 1.17. The first-order valence-corrected chi connectivity index (χ1v) is 7.98. The normalized spacial score (nSPS) is 12.8. The van der Waals surface area contributed by atoms with E-state index >= 15 is 0 Å². The standard InChI is InChI=1S/C14H14Br2S/c1-8-4-5-11(7-13(8)15)14(16)12-6-9(2)17-10(12)3/h4-7,14H,1-3H3. The van der Waals surface area contributed by atoms with Gasteiger partial charge in [0.2, 0.25) is 0 Å². The van der Waals surface area contributed by atoms with Crippen LogP contribution in [0.1, 0.15) is 31.3 Å². The molecule has 0 radical (unpaired) electrons. The molecule has 0 spiro atoms. The van der Waals surface area contributed by atoms with Gasteiger partial charge >= 0.3 is 0 Å². The van der Waals surface area contributed by atoms with Crippen molar-refractivity contribution in [3.8, 4) is 0 Å². The molecule has 0 aliphatic heterocycles. The minimum atomic E-state index is 0.282. The van der Waals surface area contributed by atoms with E-state index in [-0.39, 0.29) is 4.83 Å². The number of hydrogen-bond donors (Lipinski definition) is 0. The Labute approximate surface area is 123 Å². The fraction of sp³-hybridized carbons (Fsp3) is 0.286. The maximum absolute atomic E-state index is 3.80. The van der Waals surface area contributed by atoms with E-state index in [0.717, 1.165) is 0 Å². The number of benzene rings is 1. The molecule has 0 aliphatic carbocycles. The number of aryl methyl sites for hydroxylation is 3. The predicted molar refractivity (Wildman–Crippen MR) is 83.4 cm³/mol. The lowest BCUT2D eigenvalue weighted by atomic mass is 10.0. The average molecular weight is 374 g/mol. The summed E-state index contributed by atoms with van der Waals surface area (Å²) in [6, 6.07) is 8.81. The molecule has 1 heterocycles. The number of thiophene rings is 1. The van der Waals surface area contributed by atoms with Crippen LogP contribution in [0.4, 0.5) is 0 Å². The number of rotatable bonds is 2. The fourth-order valence-electron chi connectivity index (χ4n) is 1.85. The Balaban J connectivity index is 2.40. The van der Waals surface area contributed by atoms with Gasteiger partial charge in [0.25, 0.3) is 0 Å². The van der Waals surface area contributed by atoms with Gasteiger partial charge in [-0.25, -0.2) is 0 Å². The van der Waals surface area contributed by atoms with Crippen LogP contribution in [0.3, 0.4) is 0 Å². The SMILES string of the molecule is Cc1cc(C(Br)c2ccc(C)c(Br)c2)c(C)s1. The first-order chi connectivity index (χ1) is 7.99. The third-order valence-electron chi connectivity index (χ3n) is 2.84. The minimum absolute atomic E-state index is 0.282. The van der Waals surface area contributed by atoms with Gasteiger partial charge in [-0.1, -0.05) is 44.0 Å². The van der Waals surface area contributed by atoms with Crippen molar-refractivity contribution in [1.82, 2.24) is 0 Å². The van der Waals surface area contributed by atoms with E-state index in [0.29, 0.717) is 0 Å². The van der Waals surface area contributed by atoms with Crippen molar-refractivity contribution in [1.29, 1.82) is 0 Å². The second-order valence-electron chi connectivity index (χ2n) is 4.24. The third kappa shape index (κ3) is 2.83. The summed E-state index contributed by atoms with van der Waals surface area (Å²) in [5.74, 6) is 0. The van der Waals surface area contributed by atoms with E-state index in [4.69, 9.17) is 0 Å². The first kappa shape index (κ1) is 13.3. The van der Waals surface area contributed by atoms with E-state index in [2.05, 4.69) is 76.9 Å². The zero-order valence-electron chi connectivity index (χ0n) is 10.1. The highest BCUT2D eigenvalue weighted by atomic mass is 79.9. The summed E-state index contributed by atoms with van der Waals surface area (Å²) in [6.45, 7) is 6.45. The third-order valence-corrected chi connectivity index (χ3v) is 5.70. The lowest BCUT2D eigenvalue weighted by Gasteiger charge is -2.11. The van der Waals surface area contributed by atoms with Crippen LogP contribution in [-0.4, -0.2) is 0 Å². The molecular weight excluding hydrogens is 360 g/mol. The van der Waals surface area contributed by atoms with E-state index in [9.17, 15) is 0 Å². The van der Waals surface area contributed by atoms with Crippen molar-refractivity contribution in [3.05, 3.63) is 55.2 Å². The van der Waals surface area contributed by atoms with Crippen LogP contribution in [-0.2, 0) is 0 Å². The molecule has 0 fully saturated rings. The van der Waals surface area contributed by atoms with E-state index in [1.807, 2.05) is 11.3 Å². The van der Waals surface area contributed by atoms with Crippen LogP contribution >= 0.6 is 43.2 Å². The monoisotopic (exact) mass is 372 g/mol. The Bertz CT molecular complexity index is 543. The van der Waals surface area contributed by atoms with Crippen molar-refractivity contribution in [2.24, 2.45) is 0 Å². The summed E-state index contributed by atoms with van der Waals surface area (Å²) in [5, 5.41) is 0. The molecule has 1 aromatic heterocycles. The van der Waals surface area contributed by atoms with Gasteiger partial charge in [0.1, 0.15) is 0 Å². The van der Waals surface area contributed by atoms with Crippen LogP contribution in [0, 0.1) is 20.8 Å². The maximum atomic E-state index is 3.80. The molecule has 0 aliphatic rings. The lowest BCUT2D eigenvalue weighted by molar-refractivity contribution is 1.16. The van der Waals surface area contributed by atoms with Crippen molar-refractivity contribution >= 4 is 43.2 Å². The Morgan fingerprint density at radius 1 is 1.12 bits per heavy atom. The highest BCUT2D eigenvalue weighted by Crippen LogP contribution is 2.37. The second kappa shape index (κ2) is 5.25. The molecule has 17 heavy (non-hydrogen) atoms. The summed E-state index contributed by atoms with van der Waals surface area (Å²) >= 11 is 9.25.